The summed E-state index contributed by atoms with van der Waals surface area (Å²) in [6.07, 6.45) is 2.06. The quantitative estimate of drug-likeness (QED) is 0.924. The largest absolute Gasteiger partial charge is 0.343 e. The summed E-state index contributed by atoms with van der Waals surface area (Å²) in [5, 5.41) is 12.7. The molecule has 0 aromatic carbocycles. The summed E-state index contributed by atoms with van der Waals surface area (Å²) in [5.41, 5.74) is 3.02. The maximum Gasteiger partial charge on any atom is 0.219 e. The van der Waals surface area contributed by atoms with E-state index in [4.69, 9.17) is 5.26 Å². The number of rotatable bonds is 4. The molecule has 1 aliphatic rings. The van der Waals surface area contributed by atoms with Crippen molar-refractivity contribution in [3.8, 4) is 6.07 Å². The van der Waals surface area contributed by atoms with Gasteiger partial charge in [0, 0.05) is 45.3 Å². The average molecular weight is 302 g/mol. The maximum atomic E-state index is 11.5. The molecule has 5 heteroatoms. The van der Waals surface area contributed by atoms with Crippen LogP contribution in [0.3, 0.4) is 0 Å². The maximum absolute atomic E-state index is 11.5. The third-order valence-electron chi connectivity index (χ3n) is 5.01. The highest BCUT2D eigenvalue weighted by Crippen LogP contribution is 2.21. The molecule has 1 amide bonds. The van der Waals surface area contributed by atoms with Crippen LogP contribution in [-0.4, -0.2) is 34.5 Å². The Bertz CT molecular complexity index is 584. The summed E-state index contributed by atoms with van der Waals surface area (Å²) in [6.45, 7) is 8.35. The van der Waals surface area contributed by atoms with Gasteiger partial charge in [-0.1, -0.05) is 13.3 Å². The van der Waals surface area contributed by atoms with E-state index in [0.717, 1.165) is 38.2 Å². The van der Waals surface area contributed by atoms with Gasteiger partial charge >= 0.3 is 0 Å². The molecule has 1 fully saturated rings. The molecule has 0 saturated carbocycles. The zero-order valence-electron chi connectivity index (χ0n) is 14.0. The van der Waals surface area contributed by atoms with Gasteiger partial charge < -0.3 is 14.8 Å². The molecular weight excluding hydrogens is 276 g/mol. The second-order valence-corrected chi connectivity index (χ2v) is 6.22. The highest BCUT2D eigenvalue weighted by Gasteiger charge is 2.28. The van der Waals surface area contributed by atoms with Crippen LogP contribution in [0.15, 0.2) is 6.07 Å². The topological polar surface area (TPSA) is 61.1 Å². The zero-order chi connectivity index (χ0) is 16.3. The lowest BCUT2D eigenvalue weighted by Gasteiger charge is -2.38. The Morgan fingerprint density at radius 3 is 2.82 bits per heavy atom. The van der Waals surface area contributed by atoms with E-state index in [1.165, 1.54) is 5.56 Å². The third-order valence-corrected chi connectivity index (χ3v) is 5.01. The van der Waals surface area contributed by atoms with Crippen molar-refractivity contribution in [1.82, 2.24) is 14.8 Å². The van der Waals surface area contributed by atoms with Gasteiger partial charge in [-0.25, -0.2) is 0 Å². The van der Waals surface area contributed by atoms with Gasteiger partial charge in [-0.05, 0) is 30.9 Å². The summed E-state index contributed by atoms with van der Waals surface area (Å²) < 4.78 is 1.94. The third kappa shape index (κ3) is 3.33. The number of aromatic nitrogens is 1. The first kappa shape index (κ1) is 16.6. The van der Waals surface area contributed by atoms with Crippen LogP contribution in [0, 0.1) is 24.2 Å². The van der Waals surface area contributed by atoms with E-state index in [2.05, 4.69) is 18.3 Å². The standard InChI is InChI=1S/C17H26N4O/c1-5-14-11-21(13(3)22)7-6-17(14)19-10-15-8-16(9-18)20(4)12(15)2/h8,14,17,19H,5-7,10-11H2,1-4H3/t14-,17+/m0/s1. The van der Waals surface area contributed by atoms with Crippen LogP contribution in [-0.2, 0) is 18.4 Å². The van der Waals surface area contributed by atoms with E-state index in [1.54, 1.807) is 6.92 Å². The number of nitriles is 1. The fourth-order valence-electron chi connectivity index (χ4n) is 3.29. The van der Waals surface area contributed by atoms with Gasteiger partial charge in [-0.15, -0.1) is 0 Å². The Morgan fingerprint density at radius 2 is 2.27 bits per heavy atom. The summed E-state index contributed by atoms with van der Waals surface area (Å²) in [5.74, 6) is 0.673. The lowest BCUT2D eigenvalue weighted by atomic mass is 9.89. The Hall–Kier alpha value is -1.80. The molecule has 0 radical (unpaired) electrons. The highest BCUT2D eigenvalue weighted by molar-refractivity contribution is 5.73. The van der Waals surface area contributed by atoms with Gasteiger partial charge in [0.1, 0.15) is 11.8 Å². The minimum absolute atomic E-state index is 0.175. The second-order valence-electron chi connectivity index (χ2n) is 6.22. The highest BCUT2D eigenvalue weighted by atomic mass is 16.2. The zero-order valence-corrected chi connectivity index (χ0v) is 14.0. The van der Waals surface area contributed by atoms with Gasteiger partial charge in [-0.2, -0.15) is 5.26 Å². The molecule has 1 saturated heterocycles. The first-order chi connectivity index (χ1) is 10.5. The van der Waals surface area contributed by atoms with Crippen molar-refractivity contribution in [3.05, 3.63) is 23.0 Å². The van der Waals surface area contributed by atoms with Gasteiger partial charge in [0.05, 0.1) is 0 Å². The Labute approximate surface area is 132 Å². The number of nitrogens with one attached hydrogen (secondary N) is 1. The van der Waals surface area contributed by atoms with Crippen molar-refractivity contribution in [1.29, 1.82) is 5.26 Å². The van der Waals surface area contributed by atoms with Crippen molar-refractivity contribution < 1.29 is 4.79 Å². The number of carbonyl (C=O) groups is 1. The number of piperidine rings is 1. The van der Waals surface area contributed by atoms with Gasteiger partial charge in [0.25, 0.3) is 0 Å². The predicted molar refractivity (Wildman–Crippen MR) is 86.1 cm³/mol. The molecule has 1 aliphatic heterocycles. The van der Waals surface area contributed by atoms with Crippen LogP contribution in [0.25, 0.3) is 0 Å². The summed E-state index contributed by atoms with van der Waals surface area (Å²) in [6, 6.07) is 4.63. The van der Waals surface area contributed by atoms with Crippen LogP contribution >= 0.6 is 0 Å². The number of carbonyl (C=O) groups excluding carboxylic acids is 1. The van der Waals surface area contributed by atoms with Crippen LogP contribution in [0.5, 0.6) is 0 Å². The molecule has 22 heavy (non-hydrogen) atoms. The molecule has 0 unspecified atom stereocenters. The fraction of sp³-hybridized carbons (Fsp3) is 0.647. The normalized spacial score (nSPS) is 21.7. The monoisotopic (exact) mass is 302 g/mol. The minimum atomic E-state index is 0.175. The number of amides is 1. The number of hydrogen-bond acceptors (Lipinski definition) is 3. The smallest absolute Gasteiger partial charge is 0.219 e. The first-order valence-corrected chi connectivity index (χ1v) is 8.02. The molecule has 1 N–H and O–H groups in total. The van der Waals surface area contributed by atoms with Crippen LogP contribution in [0.1, 0.15) is 43.6 Å². The lowest BCUT2D eigenvalue weighted by Crippen LogP contribution is -2.50. The van der Waals surface area contributed by atoms with E-state index in [0.29, 0.717) is 17.7 Å². The van der Waals surface area contributed by atoms with E-state index in [-0.39, 0.29) is 5.91 Å². The van der Waals surface area contributed by atoms with Gasteiger partial charge in [0.2, 0.25) is 5.91 Å². The van der Waals surface area contributed by atoms with E-state index in [1.807, 2.05) is 29.5 Å². The predicted octanol–water partition coefficient (Wildman–Crippen LogP) is 1.94. The van der Waals surface area contributed by atoms with Crippen molar-refractivity contribution in [3.63, 3.8) is 0 Å². The molecule has 2 heterocycles. The first-order valence-electron chi connectivity index (χ1n) is 8.02. The lowest BCUT2D eigenvalue weighted by molar-refractivity contribution is -0.131. The minimum Gasteiger partial charge on any atom is -0.343 e. The van der Waals surface area contributed by atoms with E-state index in [9.17, 15) is 4.79 Å². The molecule has 2 rings (SSSR count). The molecule has 2 atom stereocenters. The molecule has 120 valence electrons. The number of nitrogens with zero attached hydrogens (tertiary/aromatic N) is 3. The Kier molecular flexibility index (Phi) is 5.25. The average Bonchev–Trinajstić information content (AvgIpc) is 2.80. The Balaban J connectivity index is 1.99. The Morgan fingerprint density at radius 1 is 1.55 bits per heavy atom. The molecule has 0 bridgehead atoms. The van der Waals surface area contributed by atoms with Gasteiger partial charge in [-0.3, -0.25) is 4.79 Å². The SMILES string of the molecule is CC[C@H]1CN(C(C)=O)CC[C@H]1NCc1cc(C#N)n(C)c1C. The van der Waals surface area contributed by atoms with Crippen LogP contribution in [0.4, 0.5) is 0 Å². The molecule has 0 spiro atoms. The van der Waals surface area contributed by atoms with Crippen LogP contribution in [0.2, 0.25) is 0 Å². The van der Waals surface area contributed by atoms with Crippen molar-refractivity contribution in [2.45, 2.75) is 46.2 Å². The summed E-state index contributed by atoms with van der Waals surface area (Å²) >= 11 is 0. The second kappa shape index (κ2) is 6.97. The molecule has 0 aliphatic carbocycles. The van der Waals surface area contributed by atoms with E-state index < -0.39 is 0 Å². The van der Waals surface area contributed by atoms with Crippen molar-refractivity contribution >= 4 is 5.91 Å². The number of hydrogen-bond donors (Lipinski definition) is 1. The molecule has 1 aromatic rings. The molecule has 5 nitrogen and oxygen atoms in total. The van der Waals surface area contributed by atoms with Crippen molar-refractivity contribution in [2.24, 2.45) is 13.0 Å². The van der Waals surface area contributed by atoms with Gasteiger partial charge in [0.15, 0.2) is 0 Å². The van der Waals surface area contributed by atoms with Crippen molar-refractivity contribution in [2.75, 3.05) is 13.1 Å². The fourth-order valence-corrected chi connectivity index (χ4v) is 3.29. The van der Waals surface area contributed by atoms with E-state index >= 15 is 0 Å². The summed E-state index contributed by atoms with van der Waals surface area (Å²) in [7, 11) is 1.93. The van der Waals surface area contributed by atoms with Crippen LogP contribution < -0.4 is 5.32 Å². The summed E-state index contributed by atoms with van der Waals surface area (Å²) in [4.78, 5) is 13.5. The molecular formula is C17H26N4O. The number of likely N-dealkylation sites (tertiary alicyclic amines) is 1. The molecule has 1 aromatic heterocycles.